The monoisotopic (exact) mass is 257 g/mol. The van der Waals surface area contributed by atoms with Crippen LogP contribution in [0.1, 0.15) is 17.7 Å². The van der Waals surface area contributed by atoms with E-state index in [1.165, 1.54) is 10.9 Å². The van der Waals surface area contributed by atoms with Gasteiger partial charge in [0.1, 0.15) is 0 Å². The van der Waals surface area contributed by atoms with Gasteiger partial charge in [0, 0.05) is 37.6 Å². The number of carbonyl (C=O) groups excluding carboxylic acids is 1. The maximum absolute atomic E-state index is 11.1. The molecule has 100 valence electrons. The van der Waals surface area contributed by atoms with E-state index in [0.29, 0.717) is 13.0 Å². The molecular formula is C15H19N3O. The number of amides is 1. The second-order valence-corrected chi connectivity index (χ2v) is 4.54. The molecule has 0 saturated heterocycles. The Morgan fingerprint density at radius 2 is 2.11 bits per heavy atom. The van der Waals surface area contributed by atoms with Crippen LogP contribution in [0.15, 0.2) is 30.3 Å². The van der Waals surface area contributed by atoms with Crippen LogP contribution in [0.2, 0.25) is 0 Å². The van der Waals surface area contributed by atoms with Gasteiger partial charge in [-0.05, 0) is 24.6 Å². The molecule has 0 fully saturated rings. The Balaban J connectivity index is 2.06. The summed E-state index contributed by atoms with van der Waals surface area (Å²) in [6.45, 7) is 3.43. The summed E-state index contributed by atoms with van der Waals surface area (Å²) >= 11 is 0. The number of aryl methyl sites for hydroxylation is 1. The first-order valence-corrected chi connectivity index (χ1v) is 6.47. The van der Waals surface area contributed by atoms with E-state index >= 15 is 0 Å². The summed E-state index contributed by atoms with van der Waals surface area (Å²) in [4.78, 5) is 15.6. The Morgan fingerprint density at radius 3 is 2.89 bits per heavy atom. The zero-order valence-corrected chi connectivity index (χ0v) is 11.4. The highest BCUT2D eigenvalue weighted by Crippen LogP contribution is 2.17. The molecule has 0 aliphatic rings. The second-order valence-electron chi connectivity index (χ2n) is 4.54. The van der Waals surface area contributed by atoms with Gasteiger partial charge in [-0.25, -0.2) is 0 Å². The Bertz CT molecular complexity index is 581. The van der Waals surface area contributed by atoms with Gasteiger partial charge in [0.05, 0.1) is 5.52 Å². The van der Waals surface area contributed by atoms with E-state index in [9.17, 15) is 4.79 Å². The lowest BCUT2D eigenvalue weighted by Gasteiger charge is -2.09. The molecule has 0 bridgehead atoms. The van der Waals surface area contributed by atoms with E-state index in [1.54, 1.807) is 7.05 Å². The Kier molecular flexibility index (Phi) is 4.47. The summed E-state index contributed by atoms with van der Waals surface area (Å²) < 4.78 is 0. The average Bonchev–Trinajstić information content (AvgIpc) is 2.42. The summed E-state index contributed by atoms with van der Waals surface area (Å²) in [7, 11) is 1.65. The van der Waals surface area contributed by atoms with Crippen molar-refractivity contribution < 1.29 is 4.79 Å². The van der Waals surface area contributed by atoms with E-state index in [-0.39, 0.29) is 5.91 Å². The standard InChI is InChI=1S/C15H19N3O/c1-11-9-12(10-17-8-7-15(19)16-2)13-5-3-4-6-14(13)18-11/h3-6,9,17H,7-8,10H2,1-2H3,(H,16,19). The van der Waals surface area contributed by atoms with Gasteiger partial charge in [-0.2, -0.15) is 0 Å². The first kappa shape index (κ1) is 13.5. The maximum atomic E-state index is 11.1. The molecule has 0 unspecified atom stereocenters. The molecule has 1 amide bonds. The van der Waals surface area contributed by atoms with Crippen molar-refractivity contribution in [2.75, 3.05) is 13.6 Å². The van der Waals surface area contributed by atoms with Crippen molar-refractivity contribution in [2.45, 2.75) is 19.9 Å². The quantitative estimate of drug-likeness (QED) is 0.803. The third-order valence-electron chi connectivity index (χ3n) is 3.05. The van der Waals surface area contributed by atoms with Crippen LogP contribution >= 0.6 is 0 Å². The van der Waals surface area contributed by atoms with Gasteiger partial charge in [-0.1, -0.05) is 18.2 Å². The topological polar surface area (TPSA) is 54.0 Å². The molecule has 1 heterocycles. The molecule has 4 heteroatoms. The van der Waals surface area contributed by atoms with Gasteiger partial charge in [0.25, 0.3) is 0 Å². The summed E-state index contributed by atoms with van der Waals surface area (Å²) in [5.74, 6) is 0.0586. The van der Waals surface area contributed by atoms with Crippen molar-refractivity contribution in [3.8, 4) is 0 Å². The minimum absolute atomic E-state index is 0.0586. The van der Waals surface area contributed by atoms with Crippen LogP contribution in [0.4, 0.5) is 0 Å². The van der Waals surface area contributed by atoms with Crippen molar-refractivity contribution in [1.82, 2.24) is 15.6 Å². The Hall–Kier alpha value is -1.94. The number of pyridine rings is 1. The van der Waals surface area contributed by atoms with Crippen molar-refractivity contribution in [3.63, 3.8) is 0 Å². The number of benzene rings is 1. The summed E-state index contributed by atoms with van der Waals surface area (Å²) in [6.07, 6.45) is 0.499. The zero-order valence-electron chi connectivity index (χ0n) is 11.4. The van der Waals surface area contributed by atoms with Crippen LogP contribution in [-0.2, 0) is 11.3 Å². The summed E-state index contributed by atoms with van der Waals surface area (Å²) in [6, 6.07) is 10.2. The van der Waals surface area contributed by atoms with E-state index in [4.69, 9.17) is 0 Å². The fraction of sp³-hybridized carbons (Fsp3) is 0.333. The van der Waals surface area contributed by atoms with Crippen molar-refractivity contribution in [3.05, 3.63) is 41.6 Å². The van der Waals surface area contributed by atoms with Crippen LogP contribution in [0.25, 0.3) is 10.9 Å². The average molecular weight is 257 g/mol. The first-order chi connectivity index (χ1) is 9.20. The lowest BCUT2D eigenvalue weighted by molar-refractivity contribution is -0.120. The molecule has 2 N–H and O–H groups in total. The highest BCUT2D eigenvalue weighted by Gasteiger charge is 2.03. The van der Waals surface area contributed by atoms with Crippen molar-refractivity contribution in [2.24, 2.45) is 0 Å². The van der Waals surface area contributed by atoms with Gasteiger partial charge in [-0.15, -0.1) is 0 Å². The molecule has 19 heavy (non-hydrogen) atoms. The van der Waals surface area contributed by atoms with Gasteiger partial charge >= 0.3 is 0 Å². The highest BCUT2D eigenvalue weighted by atomic mass is 16.1. The lowest BCUT2D eigenvalue weighted by atomic mass is 10.1. The van der Waals surface area contributed by atoms with Crippen LogP contribution in [-0.4, -0.2) is 24.5 Å². The zero-order chi connectivity index (χ0) is 13.7. The maximum Gasteiger partial charge on any atom is 0.221 e. The third-order valence-corrected chi connectivity index (χ3v) is 3.05. The number of aromatic nitrogens is 1. The number of hydrogen-bond donors (Lipinski definition) is 2. The molecule has 2 aromatic rings. The molecule has 0 aliphatic carbocycles. The van der Waals surface area contributed by atoms with Gasteiger partial charge in [-0.3, -0.25) is 9.78 Å². The van der Waals surface area contributed by atoms with E-state index < -0.39 is 0 Å². The minimum Gasteiger partial charge on any atom is -0.359 e. The Morgan fingerprint density at radius 1 is 1.32 bits per heavy atom. The fourth-order valence-electron chi connectivity index (χ4n) is 2.09. The minimum atomic E-state index is 0.0586. The molecule has 0 atom stereocenters. The van der Waals surface area contributed by atoms with Gasteiger partial charge in [0.2, 0.25) is 5.91 Å². The number of rotatable bonds is 5. The first-order valence-electron chi connectivity index (χ1n) is 6.47. The largest absolute Gasteiger partial charge is 0.359 e. The van der Waals surface area contributed by atoms with E-state index in [1.807, 2.05) is 25.1 Å². The summed E-state index contributed by atoms with van der Waals surface area (Å²) in [5, 5.41) is 7.08. The number of para-hydroxylation sites is 1. The van der Waals surface area contributed by atoms with Gasteiger partial charge in [0.15, 0.2) is 0 Å². The van der Waals surface area contributed by atoms with E-state index in [2.05, 4.69) is 27.8 Å². The molecule has 1 aromatic carbocycles. The Labute approximate surface area is 113 Å². The number of nitrogens with zero attached hydrogens (tertiary/aromatic N) is 1. The van der Waals surface area contributed by atoms with Crippen LogP contribution < -0.4 is 10.6 Å². The van der Waals surface area contributed by atoms with Crippen LogP contribution in [0.5, 0.6) is 0 Å². The molecule has 2 rings (SSSR count). The molecular weight excluding hydrogens is 238 g/mol. The van der Waals surface area contributed by atoms with Crippen molar-refractivity contribution in [1.29, 1.82) is 0 Å². The second kappa shape index (κ2) is 6.29. The summed E-state index contributed by atoms with van der Waals surface area (Å²) in [5.41, 5.74) is 3.26. The van der Waals surface area contributed by atoms with Crippen LogP contribution in [0.3, 0.4) is 0 Å². The molecule has 0 spiro atoms. The number of nitrogens with one attached hydrogen (secondary N) is 2. The number of hydrogen-bond acceptors (Lipinski definition) is 3. The lowest BCUT2D eigenvalue weighted by Crippen LogP contribution is -2.24. The molecule has 0 aliphatic heterocycles. The highest BCUT2D eigenvalue weighted by molar-refractivity contribution is 5.82. The predicted molar refractivity (Wildman–Crippen MR) is 76.9 cm³/mol. The van der Waals surface area contributed by atoms with Crippen LogP contribution in [0, 0.1) is 6.92 Å². The number of fused-ring (bicyclic) bond motifs is 1. The fourth-order valence-corrected chi connectivity index (χ4v) is 2.09. The number of carbonyl (C=O) groups is 1. The third kappa shape index (κ3) is 3.51. The predicted octanol–water partition coefficient (Wildman–Crippen LogP) is 1.77. The smallest absolute Gasteiger partial charge is 0.221 e. The molecule has 0 saturated carbocycles. The van der Waals surface area contributed by atoms with Crippen molar-refractivity contribution >= 4 is 16.8 Å². The molecule has 4 nitrogen and oxygen atoms in total. The van der Waals surface area contributed by atoms with E-state index in [0.717, 1.165) is 17.8 Å². The molecule has 1 aromatic heterocycles. The van der Waals surface area contributed by atoms with Gasteiger partial charge < -0.3 is 10.6 Å². The molecule has 0 radical (unpaired) electrons. The SMILES string of the molecule is CNC(=O)CCNCc1cc(C)nc2ccccc12. The normalized spacial score (nSPS) is 10.6.